The Morgan fingerprint density at radius 3 is 2.14 bits per heavy atom. The molecule has 0 unspecified atom stereocenters. The Hall–Kier alpha value is -2.70. The van der Waals surface area contributed by atoms with Crippen molar-refractivity contribution in [2.45, 2.75) is 64.7 Å². The van der Waals surface area contributed by atoms with Gasteiger partial charge in [-0.2, -0.15) is 0 Å². The van der Waals surface area contributed by atoms with Gasteiger partial charge in [0, 0.05) is 10.9 Å². The molecule has 1 aliphatic rings. The third-order valence-electron chi connectivity index (χ3n) is 7.05. The highest BCUT2D eigenvalue weighted by Crippen LogP contribution is 2.37. The number of fused-ring (bicyclic) bond motifs is 1. The first-order valence-electron chi connectivity index (χ1n) is 12.1. The van der Waals surface area contributed by atoms with E-state index in [0.29, 0.717) is 11.5 Å². The van der Waals surface area contributed by atoms with Gasteiger partial charge in [-0.3, -0.25) is 0 Å². The molecule has 0 amide bonds. The van der Waals surface area contributed by atoms with E-state index in [4.69, 9.17) is 0 Å². The van der Waals surface area contributed by atoms with Crippen molar-refractivity contribution in [3.63, 3.8) is 0 Å². The fraction of sp³-hybridized carbons (Fsp3) is 0.429. The summed E-state index contributed by atoms with van der Waals surface area (Å²) in [5.74, 6) is -3.38. The van der Waals surface area contributed by atoms with Gasteiger partial charge < -0.3 is 4.74 Å². The van der Waals surface area contributed by atoms with Crippen molar-refractivity contribution in [2.24, 2.45) is 11.8 Å². The fourth-order valence-electron chi connectivity index (χ4n) is 5.22. The zero-order valence-corrected chi connectivity index (χ0v) is 19.5. The minimum absolute atomic E-state index is 0.00850. The standard InChI is InChI=1S/C28H28F6O/c1-2-3-17-4-6-18(7-5-17)8-9-19-10-12-22(24(29)14-19)20-11-13-23-21(15-20)16-25(30)27(26(23)31)35-28(32,33)34/h10-18H,2-9H2,1H3. The summed E-state index contributed by atoms with van der Waals surface area (Å²) in [4.78, 5) is 0. The summed E-state index contributed by atoms with van der Waals surface area (Å²) in [7, 11) is 0. The molecule has 1 aliphatic carbocycles. The van der Waals surface area contributed by atoms with Crippen LogP contribution in [0.5, 0.6) is 5.75 Å². The number of benzene rings is 3. The lowest BCUT2D eigenvalue weighted by Gasteiger charge is -2.28. The van der Waals surface area contributed by atoms with Gasteiger partial charge in [-0.15, -0.1) is 13.2 Å². The summed E-state index contributed by atoms with van der Waals surface area (Å²) in [5, 5.41) is -0.241. The molecule has 4 rings (SSSR count). The van der Waals surface area contributed by atoms with Gasteiger partial charge >= 0.3 is 6.36 Å². The Morgan fingerprint density at radius 1 is 0.829 bits per heavy atom. The van der Waals surface area contributed by atoms with Crippen LogP contribution >= 0.6 is 0 Å². The number of alkyl halides is 3. The molecule has 7 heteroatoms. The summed E-state index contributed by atoms with van der Waals surface area (Å²) in [6, 6.07) is 9.68. The molecule has 188 valence electrons. The van der Waals surface area contributed by atoms with E-state index in [-0.39, 0.29) is 16.3 Å². The largest absolute Gasteiger partial charge is 0.573 e. The molecule has 0 spiro atoms. The molecule has 0 aliphatic heterocycles. The third-order valence-corrected chi connectivity index (χ3v) is 7.05. The van der Waals surface area contributed by atoms with Crippen LogP contribution in [-0.2, 0) is 6.42 Å². The van der Waals surface area contributed by atoms with Crippen molar-refractivity contribution >= 4 is 10.8 Å². The maximum absolute atomic E-state index is 15.0. The van der Waals surface area contributed by atoms with Crippen molar-refractivity contribution in [2.75, 3.05) is 0 Å². The zero-order chi connectivity index (χ0) is 25.2. The van der Waals surface area contributed by atoms with Gasteiger partial charge in [0.25, 0.3) is 0 Å². The molecular weight excluding hydrogens is 466 g/mol. The van der Waals surface area contributed by atoms with Crippen LogP contribution in [0.1, 0.15) is 57.4 Å². The first kappa shape index (κ1) is 25.4. The van der Waals surface area contributed by atoms with E-state index in [9.17, 15) is 26.3 Å². The molecule has 35 heavy (non-hydrogen) atoms. The van der Waals surface area contributed by atoms with E-state index >= 15 is 0 Å². The van der Waals surface area contributed by atoms with Crippen molar-refractivity contribution < 1.29 is 31.1 Å². The molecule has 1 fully saturated rings. The molecule has 0 N–H and O–H groups in total. The number of hydrogen-bond donors (Lipinski definition) is 0. The van der Waals surface area contributed by atoms with Gasteiger partial charge in [0.15, 0.2) is 11.6 Å². The number of hydrogen-bond acceptors (Lipinski definition) is 1. The Morgan fingerprint density at radius 2 is 1.51 bits per heavy atom. The van der Waals surface area contributed by atoms with Crippen molar-refractivity contribution in [1.82, 2.24) is 0 Å². The fourth-order valence-corrected chi connectivity index (χ4v) is 5.22. The SMILES string of the molecule is CCCC1CCC(CCc2ccc(-c3ccc4c(F)c(OC(F)(F)F)c(F)cc4c3)c(F)c2)CC1. The molecule has 1 saturated carbocycles. The molecule has 0 aromatic heterocycles. The highest BCUT2D eigenvalue weighted by atomic mass is 19.4. The lowest BCUT2D eigenvalue weighted by Crippen LogP contribution is -2.19. The van der Waals surface area contributed by atoms with Crippen LogP contribution in [0.4, 0.5) is 26.3 Å². The highest BCUT2D eigenvalue weighted by Gasteiger charge is 2.34. The first-order valence-corrected chi connectivity index (χ1v) is 12.1. The summed E-state index contributed by atoms with van der Waals surface area (Å²) in [6.07, 6.45) is 4.12. The molecule has 0 saturated heterocycles. The van der Waals surface area contributed by atoms with Crippen LogP contribution < -0.4 is 4.74 Å². The number of ether oxygens (including phenoxy) is 1. The maximum atomic E-state index is 15.0. The summed E-state index contributed by atoms with van der Waals surface area (Å²) in [5.41, 5.74) is 1.53. The second-order valence-corrected chi connectivity index (χ2v) is 9.51. The molecular formula is C28H28F6O. The third kappa shape index (κ3) is 6.11. The number of halogens is 6. The second kappa shape index (κ2) is 10.5. The Bertz CT molecular complexity index is 1180. The van der Waals surface area contributed by atoms with E-state index in [0.717, 1.165) is 30.4 Å². The normalized spacial score (nSPS) is 18.7. The van der Waals surface area contributed by atoms with Crippen LogP contribution in [0.25, 0.3) is 21.9 Å². The zero-order valence-electron chi connectivity index (χ0n) is 19.5. The predicted molar refractivity (Wildman–Crippen MR) is 125 cm³/mol. The van der Waals surface area contributed by atoms with Crippen LogP contribution in [0.3, 0.4) is 0 Å². The molecule has 3 aromatic carbocycles. The average molecular weight is 495 g/mol. The van der Waals surface area contributed by atoms with E-state index in [2.05, 4.69) is 11.7 Å². The number of aryl methyl sites for hydroxylation is 1. The van der Waals surface area contributed by atoms with Crippen LogP contribution in [0.2, 0.25) is 0 Å². The highest BCUT2D eigenvalue weighted by molar-refractivity contribution is 5.89. The molecule has 3 aromatic rings. The molecule has 0 heterocycles. The maximum Gasteiger partial charge on any atom is 0.573 e. The lowest BCUT2D eigenvalue weighted by atomic mass is 9.78. The summed E-state index contributed by atoms with van der Waals surface area (Å²) >= 11 is 0. The molecule has 0 radical (unpaired) electrons. The van der Waals surface area contributed by atoms with Crippen molar-refractivity contribution in [3.05, 3.63) is 65.5 Å². The van der Waals surface area contributed by atoms with Crippen LogP contribution in [0.15, 0.2) is 42.5 Å². The van der Waals surface area contributed by atoms with Crippen LogP contribution in [0, 0.1) is 29.3 Å². The summed E-state index contributed by atoms with van der Waals surface area (Å²) < 4.78 is 84.5. The lowest BCUT2D eigenvalue weighted by molar-refractivity contribution is -0.276. The Kier molecular flexibility index (Phi) is 7.62. The van der Waals surface area contributed by atoms with Gasteiger partial charge in [0.05, 0.1) is 0 Å². The quantitative estimate of drug-likeness (QED) is 0.297. The molecule has 0 bridgehead atoms. The van der Waals surface area contributed by atoms with E-state index in [1.807, 2.05) is 6.07 Å². The molecule has 0 atom stereocenters. The average Bonchev–Trinajstić information content (AvgIpc) is 2.81. The van der Waals surface area contributed by atoms with Crippen molar-refractivity contribution in [3.8, 4) is 16.9 Å². The Balaban J connectivity index is 1.48. The number of rotatable bonds is 7. The second-order valence-electron chi connectivity index (χ2n) is 9.51. The summed E-state index contributed by atoms with van der Waals surface area (Å²) in [6.45, 7) is 2.22. The predicted octanol–water partition coefficient (Wildman–Crippen LogP) is 9.36. The smallest absolute Gasteiger partial charge is 0.399 e. The van der Waals surface area contributed by atoms with Gasteiger partial charge in [0.2, 0.25) is 5.75 Å². The van der Waals surface area contributed by atoms with Gasteiger partial charge in [-0.05, 0) is 59.4 Å². The topological polar surface area (TPSA) is 9.23 Å². The minimum Gasteiger partial charge on any atom is -0.399 e. The van der Waals surface area contributed by atoms with Crippen LogP contribution in [-0.4, -0.2) is 6.36 Å². The van der Waals surface area contributed by atoms with Crippen molar-refractivity contribution in [1.29, 1.82) is 0 Å². The van der Waals surface area contributed by atoms with E-state index < -0.39 is 29.6 Å². The van der Waals surface area contributed by atoms with E-state index in [1.54, 1.807) is 6.07 Å². The monoisotopic (exact) mass is 494 g/mol. The molecule has 1 nitrogen and oxygen atoms in total. The Labute approximate surface area is 201 Å². The van der Waals surface area contributed by atoms with Gasteiger partial charge in [-0.25, -0.2) is 13.2 Å². The van der Waals surface area contributed by atoms with Gasteiger partial charge in [0.1, 0.15) is 5.82 Å². The van der Waals surface area contributed by atoms with E-state index in [1.165, 1.54) is 62.8 Å². The van der Waals surface area contributed by atoms with Gasteiger partial charge in [-0.1, -0.05) is 69.7 Å². The first-order chi connectivity index (χ1) is 16.6. The minimum atomic E-state index is -5.23.